The minimum Gasteiger partial charge on any atom is -0.351 e. The molecule has 4 heteroatoms. The number of nitrogens with zero attached hydrogens (tertiary/aromatic N) is 1. The lowest BCUT2D eigenvalue weighted by Gasteiger charge is -2.32. The van der Waals surface area contributed by atoms with E-state index >= 15 is 0 Å². The summed E-state index contributed by atoms with van der Waals surface area (Å²) < 4.78 is 0. The van der Waals surface area contributed by atoms with Gasteiger partial charge in [0, 0.05) is 19.1 Å². The smallest absolute Gasteiger partial charge is 0.314 e. The highest BCUT2D eigenvalue weighted by atomic mass is 16.2. The quantitative estimate of drug-likeness (QED) is 0.666. The number of rotatable bonds is 3. The SMILES string of the molecule is C#CC(CC)NC1CCN(C(N)=O)CC1. The van der Waals surface area contributed by atoms with Crippen molar-refractivity contribution in [1.82, 2.24) is 10.2 Å². The molecule has 84 valence electrons. The molecule has 1 atom stereocenters. The van der Waals surface area contributed by atoms with E-state index in [0.29, 0.717) is 6.04 Å². The second-order valence-corrected chi connectivity index (χ2v) is 3.89. The number of carbonyl (C=O) groups excluding carboxylic acids is 1. The molecule has 1 rings (SSSR count). The molecule has 0 aromatic heterocycles. The first-order chi connectivity index (χ1) is 7.17. The molecule has 1 aliphatic heterocycles. The molecule has 2 amide bonds. The van der Waals surface area contributed by atoms with E-state index in [-0.39, 0.29) is 12.1 Å². The van der Waals surface area contributed by atoms with Crippen LogP contribution in [0.5, 0.6) is 0 Å². The van der Waals surface area contributed by atoms with Crippen LogP contribution in [0.3, 0.4) is 0 Å². The Kier molecular flexibility index (Phi) is 4.44. The first kappa shape index (κ1) is 11.9. The Morgan fingerprint density at radius 1 is 1.67 bits per heavy atom. The molecule has 15 heavy (non-hydrogen) atoms. The number of nitrogens with two attached hydrogens (primary N) is 1. The lowest BCUT2D eigenvalue weighted by Crippen LogP contribution is -2.48. The Bertz CT molecular complexity index is 251. The van der Waals surface area contributed by atoms with Crippen LogP contribution in [0, 0.1) is 12.3 Å². The van der Waals surface area contributed by atoms with Crippen molar-refractivity contribution < 1.29 is 4.79 Å². The van der Waals surface area contributed by atoms with Crippen molar-refractivity contribution in [3.8, 4) is 12.3 Å². The van der Waals surface area contributed by atoms with E-state index in [0.717, 1.165) is 32.4 Å². The van der Waals surface area contributed by atoms with Crippen LogP contribution in [0.1, 0.15) is 26.2 Å². The normalized spacial score (nSPS) is 19.6. The number of urea groups is 1. The third-order valence-electron chi connectivity index (χ3n) is 2.85. The second-order valence-electron chi connectivity index (χ2n) is 3.89. The maximum Gasteiger partial charge on any atom is 0.314 e. The van der Waals surface area contributed by atoms with Gasteiger partial charge in [0.1, 0.15) is 0 Å². The highest BCUT2D eigenvalue weighted by Crippen LogP contribution is 2.10. The zero-order chi connectivity index (χ0) is 11.3. The maximum absolute atomic E-state index is 10.9. The van der Waals surface area contributed by atoms with Crippen LogP contribution in [0.4, 0.5) is 4.79 Å². The molecule has 0 radical (unpaired) electrons. The summed E-state index contributed by atoms with van der Waals surface area (Å²) in [6.45, 7) is 3.53. The number of hydrogen-bond acceptors (Lipinski definition) is 2. The zero-order valence-electron chi connectivity index (χ0n) is 9.20. The summed E-state index contributed by atoms with van der Waals surface area (Å²) >= 11 is 0. The molecule has 0 aliphatic carbocycles. The van der Waals surface area contributed by atoms with Gasteiger partial charge in [0.25, 0.3) is 0 Å². The first-order valence-corrected chi connectivity index (χ1v) is 5.44. The largest absolute Gasteiger partial charge is 0.351 e. The van der Waals surface area contributed by atoms with E-state index in [9.17, 15) is 4.79 Å². The van der Waals surface area contributed by atoms with Gasteiger partial charge in [0.2, 0.25) is 0 Å². The van der Waals surface area contributed by atoms with E-state index in [1.165, 1.54) is 0 Å². The predicted molar refractivity (Wildman–Crippen MR) is 60.2 cm³/mol. The third kappa shape index (κ3) is 3.45. The molecule has 1 unspecified atom stereocenters. The number of hydrogen-bond donors (Lipinski definition) is 2. The molecule has 1 fully saturated rings. The third-order valence-corrected chi connectivity index (χ3v) is 2.85. The van der Waals surface area contributed by atoms with Crippen LogP contribution >= 0.6 is 0 Å². The summed E-state index contributed by atoms with van der Waals surface area (Å²) in [4.78, 5) is 12.6. The number of terminal acetylenes is 1. The number of nitrogens with one attached hydrogen (secondary N) is 1. The van der Waals surface area contributed by atoms with E-state index in [2.05, 4.69) is 18.2 Å². The number of amides is 2. The summed E-state index contributed by atoms with van der Waals surface area (Å²) in [6.07, 6.45) is 8.18. The minimum atomic E-state index is -0.322. The Labute approximate surface area is 91.2 Å². The van der Waals surface area contributed by atoms with Crippen molar-refractivity contribution in [3.63, 3.8) is 0 Å². The molecule has 0 aromatic carbocycles. The predicted octanol–water partition coefficient (Wildman–Crippen LogP) is 0.531. The fourth-order valence-corrected chi connectivity index (χ4v) is 1.83. The Balaban J connectivity index is 2.32. The van der Waals surface area contributed by atoms with Crippen LogP contribution < -0.4 is 11.1 Å². The van der Waals surface area contributed by atoms with Gasteiger partial charge >= 0.3 is 6.03 Å². The maximum atomic E-state index is 10.9. The molecular weight excluding hydrogens is 190 g/mol. The molecule has 1 aliphatic rings. The molecular formula is C11H19N3O. The standard InChI is InChI=1S/C11H19N3O/c1-3-9(4-2)13-10-5-7-14(8-6-10)11(12)15/h1,9-10,13H,4-8H2,2H3,(H2,12,15). The van der Waals surface area contributed by atoms with Crippen LogP contribution in [-0.4, -0.2) is 36.1 Å². The summed E-state index contributed by atoms with van der Waals surface area (Å²) in [7, 11) is 0. The van der Waals surface area contributed by atoms with E-state index in [4.69, 9.17) is 12.2 Å². The van der Waals surface area contributed by atoms with Crippen molar-refractivity contribution in [1.29, 1.82) is 0 Å². The molecule has 1 saturated heterocycles. The molecule has 0 aromatic rings. The average Bonchev–Trinajstić information content (AvgIpc) is 2.26. The van der Waals surface area contributed by atoms with Crippen molar-refractivity contribution in [2.75, 3.05) is 13.1 Å². The van der Waals surface area contributed by atoms with Crippen LogP contribution in [0.15, 0.2) is 0 Å². The molecule has 3 N–H and O–H groups in total. The number of likely N-dealkylation sites (tertiary alicyclic amines) is 1. The van der Waals surface area contributed by atoms with E-state index in [1.54, 1.807) is 4.90 Å². The lowest BCUT2D eigenvalue weighted by molar-refractivity contribution is 0.184. The Morgan fingerprint density at radius 2 is 2.27 bits per heavy atom. The van der Waals surface area contributed by atoms with Gasteiger partial charge in [-0.2, -0.15) is 0 Å². The second kappa shape index (κ2) is 5.62. The Morgan fingerprint density at radius 3 is 2.67 bits per heavy atom. The average molecular weight is 209 g/mol. The number of primary amides is 1. The van der Waals surface area contributed by atoms with Crippen molar-refractivity contribution in [2.24, 2.45) is 5.73 Å². The zero-order valence-corrected chi connectivity index (χ0v) is 9.20. The van der Waals surface area contributed by atoms with Crippen molar-refractivity contribution in [2.45, 2.75) is 38.3 Å². The topological polar surface area (TPSA) is 58.4 Å². The molecule has 1 heterocycles. The fourth-order valence-electron chi connectivity index (χ4n) is 1.83. The molecule has 4 nitrogen and oxygen atoms in total. The van der Waals surface area contributed by atoms with Gasteiger partial charge in [-0.15, -0.1) is 6.42 Å². The van der Waals surface area contributed by atoms with Gasteiger partial charge in [-0.25, -0.2) is 4.79 Å². The first-order valence-electron chi connectivity index (χ1n) is 5.44. The van der Waals surface area contributed by atoms with Gasteiger partial charge in [0.15, 0.2) is 0 Å². The van der Waals surface area contributed by atoms with Crippen LogP contribution in [0.25, 0.3) is 0 Å². The van der Waals surface area contributed by atoms with Gasteiger partial charge in [-0.05, 0) is 19.3 Å². The van der Waals surface area contributed by atoms with Gasteiger partial charge < -0.3 is 16.0 Å². The highest BCUT2D eigenvalue weighted by Gasteiger charge is 2.21. The summed E-state index contributed by atoms with van der Waals surface area (Å²) in [6, 6.07) is 0.245. The van der Waals surface area contributed by atoms with Gasteiger partial charge in [0.05, 0.1) is 6.04 Å². The van der Waals surface area contributed by atoms with Crippen LogP contribution in [-0.2, 0) is 0 Å². The van der Waals surface area contributed by atoms with Gasteiger partial charge in [-0.3, -0.25) is 0 Å². The van der Waals surface area contributed by atoms with E-state index < -0.39 is 0 Å². The summed E-state index contributed by atoms with van der Waals surface area (Å²) in [5.41, 5.74) is 5.20. The molecule has 0 bridgehead atoms. The minimum absolute atomic E-state index is 0.148. The molecule has 0 saturated carbocycles. The van der Waals surface area contributed by atoms with Crippen molar-refractivity contribution in [3.05, 3.63) is 0 Å². The highest BCUT2D eigenvalue weighted by molar-refractivity contribution is 5.72. The fraction of sp³-hybridized carbons (Fsp3) is 0.727. The lowest BCUT2D eigenvalue weighted by atomic mass is 10.0. The number of carbonyl (C=O) groups is 1. The number of piperidine rings is 1. The van der Waals surface area contributed by atoms with Crippen LogP contribution in [0.2, 0.25) is 0 Å². The Hall–Kier alpha value is -1.21. The van der Waals surface area contributed by atoms with Gasteiger partial charge in [-0.1, -0.05) is 12.8 Å². The summed E-state index contributed by atoms with van der Waals surface area (Å²) in [5.74, 6) is 2.72. The van der Waals surface area contributed by atoms with Crippen molar-refractivity contribution >= 4 is 6.03 Å². The molecule has 0 spiro atoms. The van der Waals surface area contributed by atoms with E-state index in [1.807, 2.05) is 0 Å². The summed E-state index contributed by atoms with van der Waals surface area (Å²) in [5, 5.41) is 3.40. The monoisotopic (exact) mass is 209 g/mol.